The van der Waals surface area contributed by atoms with E-state index >= 15 is 0 Å². The fraction of sp³-hybridized carbons (Fsp3) is 0.353. The maximum Gasteiger partial charge on any atom is 0.230 e. The molecule has 6 nitrogen and oxygen atoms in total. The summed E-state index contributed by atoms with van der Waals surface area (Å²) >= 11 is 0. The van der Waals surface area contributed by atoms with Crippen LogP contribution < -0.4 is 10.2 Å². The highest BCUT2D eigenvalue weighted by atomic mass is 19.1. The van der Waals surface area contributed by atoms with Gasteiger partial charge in [-0.25, -0.2) is 14.4 Å². The molecule has 2 heterocycles. The van der Waals surface area contributed by atoms with Crippen molar-refractivity contribution >= 4 is 17.5 Å². The topological polar surface area (TPSA) is 61.4 Å². The zero-order valence-corrected chi connectivity index (χ0v) is 13.6. The number of halogens is 1. The smallest absolute Gasteiger partial charge is 0.230 e. The number of carbonyl (C=O) groups is 1. The Bertz CT molecular complexity index is 716. The summed E-state index contributed by atoms with van der Waals surface area (Å²) in [5.74, 6) is 0.538. The molecule has 1 aromatic heterocycles. The van der Waals surface area contributed by atoms with E-state index < -0.39 is 0 Å². The third-order valence-corrected chi connectivity index (χ3v) is 4.06. The Kier molecular flexibility index (Phi) is 5.00. The van der Waals surface area contributed by atoms with Gasteiger partial charge < -0.3 is 15.1 Å². The predicted molar refractivity (Wildman–Crippen MR) is 90.5 cm³/mol. The number of likely N-dealkylation sites (N-methyl/N-ethyl adjacent to an activating group) is 1. The number of hydrogen-bond acceptors (Lipinski definition) is 5. The van der Waals surface area contributed by atoms with Gasteiger partial charge in [0.1, 0.15) is 23.8 Å². The van der Waals surface area contributed by atoms with Crippen LogP contribution in [0.3, 0.4) is 0 Å². The summed E-state index contributed by atoms with van der Waals surface area (Å²) in [5, 5.41) is 2.71. The van der Waals surface area contributed by atoms with Crippen LogP contribution in [0.5, 0.6) is 0 Å². The molecular formula is C17H20FN5O. The van der Waals surface area contributed by atoms with Gasteiger partial charge in [-0.15, -0.1) is 0 Å². The van der Waals surface area contributed by atoms with Gasteiger partial charge in [0.05, 0.1) is 6.42 Å². The number of amides is 1. The van der Waals surface area contributed by atoms with Gasteiger partial charge in [0.25, 0.3) is 0 Å². The first kappa shape index (κ1) is 16.3. The van der Waals surface area contributed by atoms with E-state index in [0.717, 1.165) is 32.0 Å². The minimum atomic E-state index is -0.381. The molecule has 1 N–H and O–H groups in total. The Labute approximate surface area is 140 Å². The average molecular weight is 329 g/mol. The van der Waals surface area contributed by atoms with Gasteiger partial charge in [-0.2, -0.15) is 0 Å². The molecular weight excluding hydrogens is 309 g/mol. The molecule has 0 aliphatic carbocycles. The van der Waals surface area contributed by atoms with Gasteiger partial charge in [0.2, 0.25) is 5.91 Å². The average Bonchev–Trinajstić information content (AvgIpc) is 2.58. The molecule has 2 aromatic rings. The van der Waals surface area contributed by atoms with E-state index in [-0.39, 0.29) is 18.1 Å². The van der Waals surface area contributed by atoms with Gasteiger partial charge in [0.15, 0.2) is 0 Å². The molecule has 1 saturated heterocycles. The number of hydrogen-bond donors (Lipinski definition) is 1. The standard InChI is InChI=1S/C17H20FN5O/c1-22-6-8-23(9-7-22)16-11-15(19-12-20-16)21-17(24)10-13-4-2-3-5-14(13)18/h2-5,11-12H,6-10H2,1H3,(H,19,20,21,24). The van der Waals surface area contributed by atoms with Crippen LogP contribution in [0.25, 0.3) is 0 Å². The summed E-state index contributed by atoms with van der Waals surface area (Å²) in [6, 6.07) is 8.01. The zero-order chi connectivity index (χ0) is 16.9. The highest BCUT2D eigenvalue weighted by molar-refractivity contribution is 5.91. The molecule has 0 atom stereocenters. The van der Waals surface area contributed by atoms with E-state index in [0.29, 0.717) is 11.4 Å². The van der Waals surface area contributed by atoms with Crippen molar-refractivity contribution in [3.63, 3.8) is 0 Å². The molecule has 0 bridgehead atoms. The van der Waals surface area contributed by atoms with Crippen molar-refractivity contribution in [2.24, 2.45) is 0 Å². The van der Waals surface area contributed by atoms with E-state index in [2.05, 4.69) is 32.1 Å². The number of rotatable bonds is 4. The first-order valence-electron chi connectivity index (χ1n) is 7.90. The van der Waals surface area contributed by atoms with E-state index in [1.807, 2.05) is 0 Å². The van der Waals surface area contributed by atoms with Crippen molar-refractivity contribution in [1.82, 2.24) is 14.9 Å². The minimum absolute atomic E-state index is 0.0273. The fourth-order valence-corrected chi connectivity index (χ4v) is 2.63. The Morgan fingerprint density at radius 1 is 1.21 bits per heavy atom. The van der Waals surface area contributed by atoms with Crippen molar-refractivity contribution in [2.75, 3.05) is 43.4 Å². The number of piperazine rings is 1. The predicted octanol–water partition coefficient (Wildman–Crippen LogP) is 1.55. The summed E-state index contributed by atoms with van der Waals surface area (Å²) in [6.45, 7) is 3.71. The van der Waals surface area contributed by atoms with E-state index in [4.69, 9.17) is 0 Å². The lowest BCUT2D eigenvalue weighted by molar-refractivity contribution is -0.115. The van der Waals surface area contributed by atoms with Crippen LogP contribution in [0.1, 0.15) is 5.56 Å². The summed E-state index contributed by atoms with van der Waals surface area (Å²) in [4.78, 5) is 24.9. The molecule has 24 heavy (non-hydrogen) atoms. The first-order chi connectivity index (χ1) is 11.6. The van der Waals surface area contributed by atoms with Crippen molar-refractivity contribution < 1.29 is 9.18 Å². The van der Waals surface area contributed by atoms with Crippen molar-refractivity contribution in [3.8, 4) is 0 Å². The monoisotopic (exact) mass is 329 g/mol. The number of aromatic nitrogens is 2. The summed E-state index contributed by atoms with van der Waals surface area (Å²) in [5.41, 5.74) is 0.364. The minimum Gasteiger partial charge on any atom is -0.354 e. The van der Waals surface area contributed by atoms with Crippen LogP contribution in [0.2, 0.25) is 0 Å². The molecule has 1 amide bonds. The molecule has 126 valence electrons. The van der Waals surface area contributed by atoms with Gasteiger partial charge in [-0.1, -0.05) is 18.2 Å². The van der Waals surface area contributed by atoms with Crippen molar-refractivity contribution in [3.05, 3.63) is 48.0 Å². The first-order valence-corrected chi connectivity index (χ1v) is 7.90. The summed E-state index contributed by atoms with van der Waals surface area (Å²) in [6.07, 6.45) is 1.41. The Morgan fingerprint density at radius 2 is 1.96 bits per heavy atom. The van der Waals surface area contributed by atoms with E-state index in [9.17, 15) is 9.18 Å². The third kappa shape index (κ3) is 4.05. The SMILES string of the molecule is CN1CCN(c2cc(NC(=O)Cc3ccccc3F)ncn2)CC1. The quantitative estimate of drug-likeness (QED) is 0.922. The lowest BCUT2D eigenvalue weighted by atomic mass is 10.1. The molecule has 1 fully saturated rings. The maximum atomic E-state index is 13.6. The molecule has 7 heteroatoms. The largest absolute Gasteiger partial charge is 0.354 e. The second-order valence-corrected chi connectivity index (χ2v) is 5.87. The number of nitrogens with zero attached hydrogens (tertiary/aromatic N) is 4. The lowest BCUT2D eigenvalue weighted by Gasteiger charge is -2.33. The van der Waals surface area contributed by atoms with Crippen LogP contribution in [-0.4, -0.2) is 54.0 Å². The normalized spacial score (nSPS) is 15.3. The van der Waals surface area contributed by atoms with E-state index in [1.54, 1.807) is 24.3 Å². The molecule has 0 saturated carbocycles. The van der Waals surface area contributed by atoms with Crippen LogP contribution in [0.15, 0.2) is 36.7 Å². The Morgan fingerprint density at radius 3 is 2.71 bits per heavy atom. The summed E-state index contributed by atoms with van der Waals surface area (Å²) < 4.78 is 13.6. The maximum absolute atomic E-state index is 13.6. The number of carbonyl (C=O) groups excluding carboxylic acids is 1. The number of benzene rings is 1. The van der Waals surface area contributed by atoms with Crippen LogP contribution in [0, 0.1) is 5.82 Å². The molecule has 3 rings (SSSR count). The van der Waals surface area contributed by atoms with Crippen molar-refractivity contribution in [2.45, 2.75) is 6.42 Å². The highest BCUT2D eigenvalue weighted by Gasteiger charge is 2.16. The Hall–Kier alpha value is -2.54. The van der Waals surface area contributed by atoms with Crippen LogP contribution >= 0.6 is 0 Å². The van der Waals surface area contributed by atoms with Crippen molar-refractivity contribution in [1.29, 1.82) is 0 Å². The second-order valence-electron chi connectivity index (χ2n) is 5.87. The second kappa shape index (κ2) is 7.35. The fourth-order valence-electron chi connectivity index (χ4n) is 2.63. The zero-order valence-electron chi connectivity index (χ0n) is 13.6. The molecule has 0 unspecified atom stereocenters. The molecule has 1 aliphatic heterocycles. The van der Waals surface area contributed by atoms with E-state index in [1.165, 1.54) is 12.4 Å². The third-order valence-electron chi connectivity index (χ3n) is 4.06. The van der Waals surface area contributed by atoms with Gasteiger partial charge in [-0.05, 0) is 18.7 Å². The summed E-state index contributed by atoms with van der Waals surface area (Å²) in [7, 11) is 2.09. The Balaban J connectivity index is 1.64. The lowest BCUT2D eigenvalue weighted by Crippen LogP contribution is -2.44. The van der Waals surface area contributed by atoms with Gasteiger partial charge in [-0.3, -0.25) is 4.79 Å². The molecule has 0 radical (unpaired) electrons. The molecule has 1 aromatic carbocycles. The van der Waals surface area contributed by atoms with Gasteiger partial charge >= 0.3 is 0 Å². The van der Waals surface area contributed by atoms with Gasteiger partial charge in [0, 0.05) is 32.2 Å². The van der Waals surface area contributed by atoms with Crippen LogP contribution in [-0.2, 0) is 11.2 Å². The molecule has 0 spiro atoms. The number of anilines is 2. The highest BCUT2D eigenvalue weighted by Crippen LogP contribution is 2.16. The number of nitrogens with one attached hydrogen (secondary N) is 1. The molecule has 1 aliphatic rings. The van der Waals surface area contributed by atoms with Crippen LogP contribution in [0.4, 0.5) is 16.0 Å².